The van der Waals surface area contributed by atoms with E-state index in [4.69, 9.17) is 4.74 Å². The number of ether oxygens (including phenoxy) is 1. The predicted molar refractivity (Wildman–Crippen MR) is 138 cm³/mol. The van der Waals surface area contributed by atoms with Gasteiger partial charge in [-0.1, -0.05) is 30.3 Å². The first-order chi connectivity index (χ1) is 17.5. The first-order valence-corrected chi connectivity index (χ1v) is 11.5. The van der Waals surface area contributed by atoms with Crippen molar-refractivity contribution in [3.05, 3.63) is 88.7 Å². The third-order valence-corrected chi connectivity index (χ3v) is 6.21. The molecule has 182 valence electrons. The number of rotatable bonds is 6. The number of carbonyl (C=O) groups is 1. The fourth-order valence-corrected chi connectivity index (χ4v) is 4.40. The highest BCUT2D eigenvalue weighted by Gasteiger charge is 2.23. The van der Waals surface area contributed by atoms with Crippen molar-refractivity contribution in [2.24, 2.45) is 0 Å². The van der Waals surface area contributed by atoms with E-state index >= 15 is 0 Å². The van der Waals surface area contributed by atoms with Gasteiger partial charge >= 0.3 is 0 Å². The van der Waals surface area contributed by atoms with Crippen molar-refractivity contribution in [3.8, 4) is 5.75 Å². The molecular formula is C26H24N6O4. The molecule has 36 heavy (non-hydrogen) atoms. The number of pyridine rings is 2. The molecular weight excluding hydrogens is 460 g/mol. The molecule has 1 saturated heterocycles. The number of nitro benzene ring substituents is 1. The van der Waals surface area contributed by atoms with Crippen LogP contribution in [0, 0.1) is 10.1 Å². The van der Waals surface area contributed by atoms with Crippen molar-refractivity contribution in [1.82, 2.24) is 9.97 Å². The molecule has 0 aliphatic carbocycles. The second kappa shape index (κ2) is 9.87. The van der Waals surface area contributed by atoms with Crippen LogP contribution in [-0.4, -0.2) is 54.1 Å². The van der Waals surface area contributed by atoms with Gasteiger partial charge in [0.05, 0.1) is 23.3 Å². The molecule has 0 bridgehead atoms. The van der Waals surface area contributed by atoms with E-state index < -0.39 is 10.8 Å². The van der Waals surface area contributed by atoms with Gasteiger partial charge in [-0.05, 0) is 23.6 Å². The molecule has 0 atom stereocenters. The zero-order chi connectivity index (χ0) is 25.1. The average Bonchev–Trinajstić information content (AvgIpc) is 2.93. The van der Waals surface area contributed by atoms with Crippen molar-refractivity contribution in [2.75, 3.05) is 48.4 Å². The first kappa shape index (κ1) is 23.0. The summed E-state index contributed by atoms with van der Waals surface area (Å²) in [6, 6.07) is 17.6. The fourth-order valence-electron chi connectivity index (χ4n) is 4.40. The standard InChI is InChI=1S/C26H24N6O4/c1-36-23-10-9-18(32(34)35)16-22(23)29-26(33)21-17-28-25(20-7-3-2-6-19(20)21)31-14-12-30(13-15-31)24-8-4-5-11-27-24/h2-11,16-17H,12-15H2,1H3,(H,29,33). The zero-order valence-electron chi connectivity index (χ0n) is 19.6. The Labute approximate surface area is 207 Å². The highest BCUT2D eigenvalue weighted by atomic mass is 16.6. The molecule has 2 aromatic heterocycles. The van der Waals surface area contributed by atoms with E-state index in [1.54, 1.807) is 12.4 Å². The lowest BCUT2D eigenvalue weighted by atomic mass is 10.1. The number of methoxy groups -OCH3 is 1. The van der Waals surface area contributed by atoms with Crippen molar-refractivity contribution < 1.29 is 14.5 Å². The van der Waals surface area contributed by atoms with Crippen LogP contribution in [-0.2, 0) is 0 Å². The van der Waals surface area contributed by atoms with Crippen molar-refractivity contribution in [1.29, 1.82) is 0 Å². The Balaban J connectivity index is 1.41. The minimum Gasteiger partial charge on any atom is -0.495 e. The molecule has 0 saturated carbocycles. The molecule has 10 heteroatoms. The van der Waals surface area contributed by atoms with Crippen LogP contribution in [0.25, 0.3) is 10.8 Å². The molecule has 0 spiro atoms. The number of benzene rings is 2. The first-order valence-electron chi connectivity index (χ1n) is 11.5. The lowest BCUT2D eigenvalue weighted by Gasteiger charge is -2.36. The number of piperazine rings is 1. The number of hydrogen-bond donors (Lipinski definition) is 1. The second-order valence-corrected chi connectivity index (χ2v) is 8.30. The van der Waals surface area contributed by atoms with Crippen molar-refractivity contribution in [3.63, 3.8) is 0 Å². The Hall–Kier alpha value is -4.73. The topological polar surface area (TPSA) is 114 Å². The van der Waals surface area contributed by atoms with Crippen molar-refractivity contribution in [2.45, 2.75) is 0 Å². The summed E-state index contributed by atoms with van der Waals surface area (Å²) in [6.45, 7) is 3.15. The third-order valence-electron chi connectivity index (χ3n) is 6.21. The van der Waals surface area contributed by atoms with Crippen LogP contribution in [0.2, 0.25) is 0 Å². The average molecular weight is 485 g/mol. The minimum atomic E-state index is -0.519. The molecule has 0 unspecified atom stereocenters. The monoisotopic (exact) mass is 484 g/mol. The number of nitro groups is 1. The lowest BCUT2D eigenvalue weighted by Crippen LogP contribution is -2.47. The Morgan fingerprint density at radius 3 is 2.39 bits per heavy atom. The van der Waals surface area contributed by atoms with Gasteiger partial charge in [-0.2, -0.15) is 0 Å². The van der Waals surface area contributed by atoms with Gasteiger partial charge in [0.15, 0.2) is 0 Å². The highest BCUT2D eigenvalue weighted by Crippen LogP contribution is 2.32. The Morgan fingerprint density at radius 1 is 0.972 bits per heavy atom. The number of nitrogens with one attached hydrogen (secondary N) is 1. The molecule has 1 fully saturated rings. The fraction of sp³-hybridized carbons (Fsp3) is 0.192. The normalized spacial score (nSPS) is 13.5. The van der Waals surface area contributed by atoms with Crippen LogP contribution in [0.1, 0.15) is 10.4 Å². The highest BCUT2D eigenvalue weighted by molar-refractivity contribution is 6.14. The Bertz CT molecular complexity index is 1420. The zero-order valence-corrected chi connectivity index (χ0v) is 19.6. The predicted octanol–water partition coefficient (Wildman–Crippen LogP) is 4.13. The molecule has 3 heterocycles. The number of carbonyl (C=O) groups excluding carboxylic acids is 1. The SMILES string of the molecule is COc1ccc([N+](=O)[O-])cc1NC(=O)c1cnc(N2CCN(c3ccccn3)CC2)c2ccccc12. The van der Waals surface area contributed by atoms with Gasteiger partial charge in [0, 0.05) is 56.1 Å². The molecule has 4 aromatic rings. The minimum absolute atomic E-state index is 0.144. The molecule has 1 N–H and O–H groups in total. The van der Waals surface area contributed by atoms with Gasteiger partial charge in [0.25, 0.3) is 11.6 Å². The quantitative estimate of drug-likeness (QED) is 0.321. The summed E-state index contributed by atoms with van der Waals surface area (Å²) >= 11 is 0. The number of nitrogens with zero attached hydrogens (tertiary/aromatic N) is 5. The number of aromatic nitrogens is 2. The van der Waals surface area contributed by atoms with Gasteiger partial charge in [-0.15, -0.1) is 0 Å². The van der Waals surface area contributed by atoms with Crippen LogP contribution < -0.4 is 19.9 Å². The Kier molecular flexibility index (Phi) is 6.31. The van der Waals surface area contributed by atoms with E-state index in [2.05, 4.69) is 25.1 Å². The molecule has 1 amide bonds. The van der Waals surface area contributed by atoms with Crippen LogP contribution in [0.3, 0.4) is 0 Å². The maximum absolute atomic E-state index is 13.3. The van der Waals surface area contributed by atoms with Crippen LogP contribution in [0.5, 0.6) is 5.75 Å². The van der Waals surface area contributed by atoms with E-state index in [-0.39, 0.29) is 11.4 Å². The van der Waals surface area contributed by atoms with Crippen molar-refractivity contribution >= 4 is 39.7 Å². The van der Waals surface area contributed by atoms with Gasteiger partial charge in [-0.3, -0.25) is 14.9 Å². The van der Waals surface area contributed by atoms with E-state index in [0.29, 0.717) is 11.3 Å². The van der Waals surface area contributed by atoms with Gasteiger partial charge < -0.3 is 19.9 Å². The number of non-ortho nitro benzene ring substituents is 1. The summed E-state index contributed by atoms with van der Waals surface area (Å²) < 4.78 is 5.28. The van der Waals surface area contributed by atoms with Crippen LogP contribution >= 0.6 is 0 Å². The summed E-state index contributed by atoms with van der Waals surface area (Å²) in [4.78, 5) is 37.5. The summed E-state index contributed by atoms with van der Waals surface area (Å²) in [5, 5.41) is 15.6. The van der Waals surface area contributed by atoms with E-state index in [1.807, 2.05) is 42.5 Å². The summed E-state index contributed by atoms with van der Waals surface area (Å²) in [5.41, 5.74) is 0.444. The molecule has 2 aromatic carbocycles. The largest absolute Gasteiger partial charge is 0.495 e. The number of hydrogen-bond acceptors (Lipinski definition) is 8. The summed E-state index contributed by atoms with van der Waals surface area (Å²) in [6.07, 6.45) is 3.35. The maximum Gasteiger partial charge on any atom is 0.271 e. The molecule has 5 rings (SSSR count). The second-order valence-electron chi connectivity index (χ2n) is 8.30. The summed E-state index contributed by atoms with van der Waals surface area (Å²) in [7, 11) is 1.44. The number of amides is 1. The smallest absolute Gasteiger partial charge is 0.271 e. The van der Waals surface area contributed by atoms with Crippen LogP contribution in [0.15, 0.2) is 73.1 Å². The number of fused-ring (bicyclic) bond motifs is 1. The summed E-state index contributed by atoms with van der Waals surface area (Å²) in [5.74, 6) is 1.67. The molecule has 1 aliphatic heterocycles. The van der Waals surface area contributed by atoms with E-state index in [0.717, 1.165) is 48.6 Å². The lowest BCUT2D eigenvalue weighted by molar-refractivity contribution is -0.384. The van der Waals surface area contributed by atoms with Gasteiger partial charge in [0.1, 0.15) is 17.4 Å². The maximum atomic E-state index is 13.3. The van der Waals surface area contributed by atoms with Crippen LogP contribution in [0.4, 0.5) is 23.0 Å². The van der Waals surface area contributed by atoms with E-state index in [9.17, 15) is 14.9 Å². The molecule has 0 radical (unpaired) electrons. The van der Waals surface area contributed by atoms with E-state index in [1.165, 1.54) is 25.3 Å². The third kappa shape index (κ3) is 4.48. The number of anilines is 3. The molecule has 10 nitrogen and oxygen atoms in total. The molecule has 1 aliphatic rings. The van der Waals surface area contributed by atoms with Gasteiger partial charge in [-0.25, -0.2) is 9.97 Å². The van der Waals surface area contributed by atoms with Gasteiger partial charge in [0.2, 0.25) is 0 Å². The Morgan fingerprint density at radius 2 is 1.69 bits per heavy atom.